The van der Waals surface area contributed by atoms with Crippen LogP contribution in [0.4, 0.5) is 23.2 Å². The number of carbonyl (C=O) groups excluding carboxylic acids is 1. The van der Waals surface area contributed by atoms with Gasteiger partial charge in [-0.3, -0.25) is 9.78 Å². The lowest BCUT2D eigenvalue weighted by Crippen LogP contribution is -2.15. The van der Waals surface area contributed by atoms with E-state index in [1.165, 1.54) is 24.3 Å². The number of alkyl halides is 3. The van der Waals surface area contributed by atoms with Gasteiger partial charge in [0.05, 0.1) is 5.69 Å². The molecule has 2 heterocycles. The normalized spacial score (nSPS) is 11.4. The zero-order chi connectivity index (χ0) is 25.2. The highest BCUT2D eigenvalue weighted by Crippen LogP contribution is 2.32. The third-order valence-corrected chi connectivity index (χ3v) is 5.33. The fourth-order valence-electron chi connectivity index (χ4n) is 3.22. The Morgan fingerprint density at radius 1 is 1.14 bits per heavy atom. The van der Waals surface area contributed by atoms with E-state index in [9.17, 15) is 22.4 Å². The van der Waals surface area contributed by atoms with Crippen molar-refractivity contribution in [2.75, 3.05) is 5.32 Å². The van der Waals surface area contributed by atoms with Crippen LogP contribution in [0.2, 0.25) is 5.02 Å². The molecule has 0 aliphatic heterocycles. The second-order valence-electron chi connectivity index (χ2n) is 7.45. The molecule has 0 fully saturated rings. The van der Waals surface area contributed by atoms with Crippen molar-refractivity contribution in [2.24, 2.45) is 0 Å². The van der Waals surface area contributed by atoms with Gasteiger partial charge in [0.15, 0.2) is 0 Å². The number of nitrogens with zero attached hydrogens (tertiary/aromatic N) is 2. The van der Waals surface area contributed by atoms with Crippen molar-refractivity contribution in [1.82, 2.24) is 15.0 Å². The minimum Gasteiger partial charge on any atom is -0.487 e. The van der Waals surface area contributed by atoms with Gasteiger partial charge in [-0.15, -0.1) is 0 Å². The van der Waals surface area contributed by atoms with Crippen molar-refractivity contribution in [1.29, 1.82) is 0 Å². The molecule has 11 heteroatoms. The monoisotopic (exact) mass is 504 g/mol. The highest BCUT2D eigenvalue weighted by molar-refractivity contribution is 6.31. The molecule has 0 radical (unpaired) electrons. The van der Waals surface area contributed by atoms with Gasteiger partial charge in [-0.25, -0.2) is 9.37 Å². The van der Waals surface area contributed by atoms with E-state index in [2.05, 4.69) is 15.3 Å². The quantitative estimate of drug-likeness (QED) is 0.297. The van der Waals surface area contributed by atoms with E-state index in [4.69, 9.17) is 16.3 Å². The molecule has 0 saturated carbocycles. The molecule has 4 aromatic rings. The highest BCUT2D eigenvalue weighted by atomic mass is 35.5. The predicted molar refractivity (Wildman–Crippen MR) is 122 cm³/mol. The number of nitrogens with one attached hydrogen (secondary N) is 2. The van der Waals surface area contributed by atoms with E-state index in [1.54, 1.807) is 31.3 Å². The molecule has 0 unspecified atom stereocenters. The Bertz CT molecular complexity index is 1370. The first kappa shape index (κ1) is 24.2. The van der Waals surface area contributed by atoms with E-state index in [0.29, 0.717) is 22.0 Å². The summed E-state index contributed by atoms with van der Waals surface area (Å²) in [6, 6.07) is 12.6. The lowest BCUT2D eigenvalue weighted by atomic mass is 10.1. The summed E-state index contributed by atoms with van der Waals surface area (Å²) in [5.41, 5.74) is 0.935. The summed E-state index contributed by atoms with van der Waals surface area (Å²) in [4.78, 5) is 22.6. The number of rotatable bonds is 6. The first-order valence-corrected chi connectivity index (χ1v) is 10.6. The van der Waals surface area contributed by atoms with E-state index < -0.39 is 29.4 Å². The lowest BCUT2D eigenvalue weighted by molar-refractivity contribution is -0.144. The summed E-state index contributed by atoms with van der Waals surface area (Å²) in [5, 5.41) is 2.92. The molecule has 35 heavy (non-hydrogen) atoms. The maximum Gasteiger partial charge on any atom is 0.449 e. The minimum atomic E-state index is -4.82. The number of amides is 1. The number of aromatic amines is 1. The van der Waals surface area contributed by atoms with Crippen LogP contribution in [0.25, 0.3) is 11.3 Å². The van der Waals surface area contributed by atoms with E-state index in [1.807, 2.05) is 4.98 Å². The van der Waals surface area contributed by atoms with E-state index in [0.717, 1.165) is 12.1 Å². The number of aryl methyl sites for hydroxylation is 1. The van der Waals surface area contributed by atoms with Gasteiger partial charge < -0.3 is 15.0 Å². The maximum absolute atomic E-state index is 13.3. The zero-order valence-corrected chi connectivity index (χ0v) is 18.8. The molecule has 6 nitrogen and oxygen atoms in total. The number of hydrogen-bond acceptors (Lipinski definition) is 4. The van der Waals surface area contributed by atoms with E-state index in [-0.39, 0.29) is 23.6 Å². The molecule has 1 amide bonds. The van der Waals surface area contributed by atoms with Crippen LogP contribution >= 0.6 is 11.6 Å². The number of hydrogen-bond donors (Lipinski definition) is 2. The van der Waals surface area contributed by atoms with Gasteiger partial charge in [-0.1, -0.05) is 11.6 Å². The summed E-state index contributed by atoms with van der Waals surface area (Å²) in [6.45, 7) is 1.85. The summed E-state index contributed by atoms with van der Waals surface area (Å²) in [7, 11) is 0. The van der Waals surface area contributed by atoms with Gasteiger partial charge in [0.25, 0.3) is 5.91 Å². The Kier molecular flexibility index (Phi) is 6.74. The Hall–Kier alpha value is -3.92. The zero-order valence-electron chi connectivity index (χ0n) is 18.1. The summed E-state index contributed by atoms with van der Waals surface area (Å²) >= 11 is 6.25. The van der Waals surface area contributed by atoms with Crippen LogP contribution in [0.15, 0.2) is 60.8 Å². The number of anilines is 1. The summed E-state index contributed by atoms with van der Waals surface area (Å²) in [6.07, 6.45) is -3.19. The molecule has 2 aromatic heterocycles. The van der Waals surface area contributed by atoms with Crippen molar-refractivity contribution in [3.63, 3.8) is 0 Å². The van der Waals surface area contributed by atoms with Crippen LogP contribution in [0.3, 0.4) is 0 Å². The SMILES string of the molecule is Cc1ncccc1OCc1cc(NC(=O)c2[nH]c(C(F)(F)F)nc2-c2ccc(F)cc2)ccc1Cl. The maximum atomic E-state index is 13.3. The van der Waals surface area contributed by atoms with Gasteiger partial charge in [0.1, 0.15) is 29.6 Å². The van der Waals surface area contributed by atoms with Crippen molar-refractivity contribution in [3.8, 4) is 17.0 Å². The van der Waals surface area contributed by atoms with Crippen molar-refractivity contribution in [3.05, 3.63) is 94.4 Å². The van der Waals surface area contributed by atoms with Crippen molar-refractivity contribution in [2.45, 2.75) is 19.7 Å². The van der Waals surface area contributed by atoms with Gasteiger partial charge in [0, 0.05) is 28.0 Å². The molecule has 0 bridgehead atoms. The van der Waals surface area contributed by atoms with Gasteiger partial charge in [-0.2, -0.15) is 13.2 Å². The minimum absolute atomic E-state index is 0.0676. The summed E-state index contributed by atoms with van der Waals surface area (Å²) in [5.74, 6) is -2.24. The van der Waals surface area contributed by atoms with Gasteiger partial charge in [-0.05, 0) is 61.5 Å². The molecule has 180 valence electrons. The average molecular weight is 505 g/mol. The molecule has 0 aliphatic carbocycles. The van der Waals surface area contributed by atoms with Crippen LogP contribution in [0.5, 0.6) is 5.75 Å². The smallest absolute Gasteiger partial charge is 0.449 e. The number of carbonyl (C=O) groups is 1. The second-order valence-corrected chi connectivity index (χ2v) is 7.86. The van der Waals surface area contributed by atoms with Gasteiger partial charge in [0.2, 0.25) is 5.82 Å². The topological polar surface area (TPSA) is 79.9 Å². The van der Waals surface area contributed by atoms with Crippen LogP contribution < -0.4 is 10.1 Å². The molecular weight excluding hydrogens is 488 g/mol. The van der Waals surface area contributed by atoms with Gasteiger partial charge >= 0.3 is 6.18 Å². The number of ether oxygens (including phenoxy) is 1. The van der Waals surface area contributed by atoms with E-state index >= 15 is 0 Å². The number of imidazole rings is 1. The van der Waals surface area contributed by atoms with Crippen LogP contribution in [0.1, 0.15) is 27.6 Å². The molecular formula is C24H17ClF4N4O2. The Balaban J connectivity index is 1.60. The first-order chi connectivity index (χ1) is 16.6. The molecule has 2 aromatic carbocycles. The number of pyridine rings is 1. The third-order valence-electron chi connectivity index (χ3n) is 4.96. The molecule has 0 saturated heterocycles. The molecule has 4 rings (SSSR count). The molecule has 0 aliphatic rings. The average Bonchev–Trinajstić information content (AvgIpc) is 3.27. The largest absolute Gasteiger partial charge is 0.487 e. The Morgan fingerprint density at radius 3 is 2.57 bits per heavy atom. The van der Waals surface area contributed by atoms with Crippen LogP contribution in [-0.2, 0) is 12.8 Å². The first-order valence-electron chi connectivity index (χ1n) is 10.2. The van der Waals surface area contributed by atoms with Crippen molar-refractivity contribution >= 4 is 23.2 Å². The predicted octanol–water partition coefficient (Wildman–Crippen LogP) is 6.42. The van der Waals surface area contributed by atoms with Crippen LogP contribution in [-0.4, -0.2) is 20.9 Å². The number of halogens is 5. The lowest BCUT2D eigenvalue weighted by Gasteiger charge is -2.12. The van der Waals surface area contributed by atoms with Crippen molar-refractivity contribution < 1.29 is 27.1 Å². The molecule has 0 atom stereocenters. The standard InChI is InChI=1S/C24H17ClF4N4O2/c1-13-19(3-2-10-30-13)35-12-15-11-17(8-9-18(15)25)31-22(34)21-20(14-4-6-16(26)7-5-14)32-23(33-21)24(27,28)29/h2-11H,12H2,1H3,(H,31,34)(H,32,33). The Morgan fingerprint density at radius 2 is 1.89 bits per heavy atom. The number of H-pyrrole nitrogens is 1. The van der Waals surface area contributed by atoms with Crippen LogP contribution in [0, 0.1) is 12.7 Å². The Labute approximate surface area is 202 Å². The second kappa shape index (κ2) is 9.75. The fraction of sp³-hybridized carbons (Fsp3) is 0.125. The highest BCUT2D eigenvalue weighted by Gasteiger charge is 2.37. The molecule has 0 spiro atoms. The third kappa shape index (κ3) is 5.60. The molecule has 2 N–H and O–H groups in total. The number of benzene rings is 2. The summed E-state index contributed by atoms with van der Waals surface area (Å²) < 4.78 is 58.9. The number of aromatic nitrogens is 3. The fourth-order valence-corrected chi connectivity index (χ4v) is 3.39.